The Morgan fingerprint density at radius 2 is 2.05 bits per heavy atom. The van der Waals surface area contributed by atoms with Crippen molar-refractivity contribution < 1.29 is 4.39 Å². The summed E-state index contributed by atoms with van der Waals surface area (Å²) in [5, 5.41) is 3.75. The second-order valence-electron chi connectivity index (χ2n) is 4.37. The average Bonchev–Trinajstić information content (AvgIpc) is 2.38. The Bertz CT molecular complexity index is 631. The van der Waals surface area contributed by atoms with Crippen LogP contribution in [-0.4, -0.2) is 11.5 Å². The van der Waals surface area contributed by atoms with Crippen LogP contribution in [0.1, 0.15) is 11.1 Å². The van der Waals surface area contributed by atoms with Gasteiger partial charge in [0.2, 0.25) is 0 Å². The van der Waals surface area contributed by atoms with Crippen LogP contribution in [0.25, 0.3) is 0 Å². The van der Waals surface area contributed by atoms with Gasteiger partial charge in [-0.15, -0.1) is 0 Å². The number of rotatable bonds is 5. The highest BCUT2D eigenvalue weighted by molar-refractivity contribution is 7.80. The van der Waals surface area contributed by atoms with Crippen LogP contribution in [0, 0.1) is 5.82 Å². The Hall–Kier alpha value is -1.65. The van der Waals surface area contributed by atoms with Crippen LogP contribution in [-0.2, 0) is 6.42 Å². The van der Waals surface area contributed by atoms with E-state index < -0.39 is 0 Å². The van der Waals surface area contributed by atoms with E-state index in [0.717, 1.165) is 17.7 Å². The van der Waals surface area contributed by atoms with Gasteiger partial charge in [0.15, 0.2) is 0 Å². The van der Waals surface area contributed by atoms with E-state index in [1.165, 1.54) is 12.1 Å². The molecule has 0 radical (unpaired) electrons. The summed E-state index contributed by atoms with van der Waals surface area (Å²) in [7, 11) is 0. The molecule has 0 aliphatic rings. The van der Waals surface area contributed by atoms with Crippen molar-refractivity contribution >= 4 is 34.5 Å². The summed E-state index contributed by atoms with van der Waals surface area (Å²) in [6, 6.07) is 12.0. The minimum absolute atomic E-state index is 0.216. The smallest absolute Gasteiger partial charge is 0.123 e. The zero-order valence-electron chi connectivity index (χ0n) is 10.7. The first-order valence-corrected chi connectivity index (χ1v) is 6.92. The maximum atomic E-state index is 13.0. The SMILES string of the molecule is NC(=S)c1ccc(NCCc2cccc(F)c2)cc1Cl. The number of halogens is 2. The van der Waals surface area contributed by atoms with Crippen molar-refractivity contribution in [2.75, 3.05) is 11.9 Å². The standard InChI is InChI=1S/C15H14ClFN2S/c16-14-9-12(4-5-13(14)15(18)20)19-7-6-10-2-1-3-11(17)8-10/h1-5,8-9,19H,6-7H2,(H2,18,20). The molecule has 20 heavy (non-hydrogen) atoms. The summed E-state index contributed by atoms with van der Waals surface area (Å²) < 4.78 is 13.0. The summed E-state index contributed by atoms with van der Waals surface area (Å²) in [5.74, 6) is -0.216. The number of hydrogen-bond donors (Lipinski definition) is 2. The maximum Gasteiger partial charge on any atom is 0.123 e. The van der Waals surface area contributed by atoms with Gasteiger partial charge in [0.05, 0.1) is 5.02 Å². The van der Waals surface area contributed by atoms with Crippen molar-refractivity contribution in [2.45, 2.75) is 6.42 Å². The van der Waals surface area contributed by atoms with Gasteiger partial charge in [-0.05, 0) is 42.3 Å². The normalized spacial score (nSPS) is 10.3. The van der Waals surface area contributed by atoms with Crippen LogP contribution in [0.3, 0.4) is 0 Å². The van der Waals surface area contributed by atoms with Gasteiger partial charge < -0.3 is 11.1 Å². The fraction of sp³-hybridized carbons (Fsp3) is 0.133. The Morgan fingerprint density at radius 1 is 1.25 bits per heavy atom. The summed E-state index contributed by atoms with van der Waals surface area (Å²) in [5.41, 5.74) is 8.04. The lowest BCUT2D eigenvalue weighted by molar-refractivity contribution is 0.625. The van der Waals surface area contributed by atoms with E-state index in [0.29, 0.717) is 17.1 Å². The number of nitrogens with two attached hydrogens (primary N) is 1. The Morgan fingerprint density at radius 3 is 2.70 bits per heavy atom. The molecule has 0 aromatic heterocycles. The van der Waals surface area contributed by atoms with Gasteiger partial charge in [-0.3, -0.25) is 0 Å². The Labute approximate surface area is 127 Å². The summed E-state index contributed by atoms with van der Waals surface area (Å²) in [4.78, 5) is 0.279. The molecule has 0 aliphatic heterocycles. The molecule has 0 saturated heterocycles. The first-order chi connectivity index (χ1) is 9.56. The van der Waals surface area contributed by atoms with Crippen molar-refractivity contribution in [1.29, 1.82) is 0 Å². The van der Waals surface area contributed by atoms with Crippen LogP contribution in [0.15, 0.2) is 42.5 Å². The molecule has 0 amide bonds. The Balaban J connectivity index is 1.94. The number of benzene rings is 2. The van der Waals surface area contributed by atoms with Crippen LogP contribution in [0.5, 0.6) is 0 Å². The molecule has 2 aromatic rings. The number of nitrogens with one attached hydrogen (secondary N) is 1. The van der Waals surface area contributed by atoms with Gasteiger partial charge in [-0.1, -0.05) is 36.0 Å². The van der Waals surface area contributed by atoms with Crippen LogP contribution < -0.4 is 11.1 Å². The third-order valence-electron chi connectivity index (χ3n) is 2.87. The van der Waals surface area contributed by atoms with E-state index in [1.54, 1.807) is 18.2 Å². The van der Waals surface area contributed by atoms with Crippen LogP contribution in [0.2, 0.25) is 5.02 Å². The summed E-state index contributed by atoms with van der Waals surface area (Å²) in [6.07, 6.45) is 0.729. The molecule has 0 bridgehead atoms. The Kier molecular flexibility index (Phi) is 4.93. The van der Waals surface area contributed by atoms with Gasteiger partial charge in [-0.2, -0.15) is 0 Å². The lowest BCUT2D eigenvalue weighted by Gasteiger charge is -2.09. The van der Waals surface area contributed by atoms with Crippen molar-refractivity contribution in [3.05, 3.63) is 64.4 Å². The molecule has 0 unspecified atom stereocenters. The molecule has 3 N–H and O–H groups in total. The first kappa shape index (κ1) is 14.8. The molecule has 2 rings (SSSR count). The quantitative estimate of drug-likeness (QED) is 0.826. The lowest BCUT2D eigenvalue weighted by Crippen LogP contribution is -2.10. The zero-order valence-corrected chi connectivity index (χ0v) is 12.3. The maximum absolute atomic E-state index is 13.0. The van der Waals surface area contributed by atoms with Crippen molar-refractivity contribution in [3.8, 4) is 0 Å². The monoisotopic (exact) mass is 308 g/mol. The van der Waals surface area contributed by atoms with Gasteiger partial charge >= 0.3 is 0 Å². The van der Waals surface area contributed by atoms with E-state index in [-0.39, 0.29) is 10.8 Å². The summed E-state index contributed by atoms with van der Waals surface area (Å²) >= 11 is 11.0. The molecular formula is C15H14ClFN2S. The van der Waals surface area contributed by atoms with Crippen molar-refractivity contribution in [2.24, 2.45) is 5.73 Å². The third kappa shape index (κ3) is 3.92. The molecule has 2 nitrogen and oxygen atoms in total. The first-order valence-electron chi connectivity index (χ1n) is 6.14. The second-order valence-corrected chi connectivity index (χ2v) is 5.21. The molecule has 2 aromatic carbocycles. The zero-order chi connectivity index (χ0) is 14.5. The van der Waals surface area contributed by atoms with Crippen molar-refractivity contribution in [3.63, 3.8) is 0 Å². The molecule has 5 heteroatoms. The molecular weight excluding hydrogens is 295 g/mol. The summed E-state index contributed by atoms with van der Waals surface area (Å²) in [6.45, 7) is 0.687. The molecule has 0 atom stereocenters. The highest BCUT2D eigenvalue weighted by Crippen LogP contribution is 2.21. The number of anilines is 1. The highest BCUT2D eigenvalue weighted by atomic mass is 35.5. The van der Waals surface area contributed by atoms with E-state index in [9.17, 15) is 4.39 Å². The van der Waals surface area contributed by atoms with Crippen LogP contribution >= 0.6 is 23.8 Å². The number of thiocarbonyl (C=S) groups is 1. The van der Waals surface area contributed by atoms with Gasteiger partial charge in [0.25, 0.3) is 0 Å². The minimum Gasteiger partial charge on any atom is -0.389 e. The fourth-order valence-electron chi connectivity index (χ4n) is 1.87. The molecule has 104 valence electrons. The molecule has 0 aliphatic carbocycles. The van der Waals surface area contributed by atoms with Crippen molar-refractivity contribution in [1.82, 2.24) is 0 Å². The van der Waals surface area contributed by atoms with E-state index in [4.69, 9.17) is 29.6 Å². The molecule has 0 heterocycles. The van der Waals surface area contributed by atoms with Gasteiger partial charge in [0.1, 0.15) is 10.8 Å². The fourth-order valence-corrected chi connectivity index (χ4v) is 2.38. The predicted molar refractivity (Wildman–Crippen MR) is 85.9 cm³/mol. The average molecular weight is 309 g/mol. The number of hydrogen-bond acceptors (Lipinski definition) is 2. The minimum atomic E-state index is -0.216. The topological polar surface area (TPSA) is 38.0 Å². The van der Waals surface area contributed by atoms with E-state index >= 15 is 0 Å². The lowest BCUT2D eigenvalue weighted by atomic mass is 10.1. The highest BCUT2D eigenvalue weighted by Gasteiger charge is 2.04. The van der Waals surface area contributed by atoms with Gasteiger partial charge in [-0.25, -0.2) is 4.39 Å². The second kappa shape index (κ2) is 6.68. The molecule has 0 fully saturated rings. The van der Waals surface area contributed by atoms with Gasteiger partial charge in [0, 0.05) is 17.8 Å². The molecule has 0 spiro atoms. The van der Waals surface area contributed by atoms with E-state index in [1.807, 2.05) is 12.1 Å². The molecule has 0 saturated carbocycles. The third-order valence-corrected chi connectivity index (χ3v) is 3.40. The van der Waals surface area contributed by atoms with Crippen LogP contribution in [0.4, 0.5) is 10.1 Å². The largest absolute Gasteiger partial charge is 0.389 e. The predicted octanol–water partition coefficient (Wildman–Crippen LogP) is 3.77. The van der Waals surface area contributed by atoms with E-state index in [2.05, 4.69) is 5.32 Å².